The van der Waals surface area contributed by atoms with E-state index in [0.29, 0.717) is 0 Å². The van der Waals surface area contributed by atoms with E-state index in [-0.39, 0.29) is 11.0 Å². The van der Waals surface area contributed by atoms with Crippen LogP contribution in [0.3, 0.4) is 0 Å². The quantitative estimate of drug-likeness (QED) is 0.888. The first-order valence-electron chi connectivity index (χ1n) is 6.51. The third kappa shape index (κ3) is 3.98. The molecule has 0 spiro atoms. The third-order valence-electron chi connectivity index (χ3n) is 3.54. The van der Waals surface area contributed by atoms with Crippen molar-refractivity contribution in [3.63, 3.8) is 0 Å². The molecule has 0 aliphatic rings. The van der Waals surface area contributed by atoms with Crippen molar-refractivity contribution in [3.8, 4) is 0 Å². The lowest BCUT2D eigenvalue weighted by molar-refractivity contribution is 0.210. The van der Waals surface area contributed by atoms with Crippen LogP contribution in [0, 0.1) is 0 Å². The van der Waals surface area contributed by atoms with Crippen molar-refractivity contribution in [2.24, 2.45) is 0 Å². The van der Waals surface area contributed by atoms with E-state index in [1.807, 2.05) is 6.20 Å². The lowest BCUT2D eigenvalue weighted by Gasteiger charge is -2.32. The summed E-state index contributed by atoms with van der Waals surface area (Å²) in [5, 5.41) is 3.39. The minimum Gasteiger partial charge on any atom is -0.368 e. The third-order valence-corrected chi connectivity index (χ3v) is 3.54. The van der Waals surface area contributed by atoms with Crippen molar-refractivity contribution >= 4 is 5.82 Å². The largest absolute Gasteiger partial charge is 0.368 e. The Morgan fingerprint density at radius 3 is 2.11 bits per heavy atom. The number of rotatable bonds is 4. The van der Waals surface area contributed by atoms with Crippen LogP contribution >= 0.6 is 0 Å². The Hall–Kier alpha value is -1.09. The molecule has 1 rings (SSSR count). The number of hydrogen-bond donors (Lipinski definition) is 1. The van der Waals surface area contributed by atoms with E-state index in [1.54, 1.807) is 0 Å². The summed E-state index contributed by atoms with van der Waals surface area (Å²) in [6, 6.07) is 4.21. The fourth-order valence-corrected chi connectivity index (χ4v) is 1.41. The van der Waals surface area contributed by atoms with Crippen LogP contribution in [0.4, 0.5) is 5.82 Å². The molecule has 0 radical (unpaired) electrons. The Bertz CT molecular complexity index is 372. The van der Waals surface area contributed by atoms with Gasteiger partial charge in [-0.15, -0.1) is 0 Å². The number of pyridine rings is 1. The highest BCUT2D eigenvalue weighted by Crippen LogP contribution is 2.22. The molecule has 0 bridgehead atoms. The van der Waals surface area contributed by atoms with Crippen LogP contribution < -0.4 is 5.32 Å². The van der Waals surface area contributed by atoms with E-state index in [1.165, 1.54) is 5.56 Å². The standard InChI is InChI=1S/C15H27N3/c1-14(2,3)12-8-9-13(16-10-12)17-11-15(4,5)18(6)7/h8-10H,11H2,1-7H3,(H,16,17). The fourth-order valence-electron chi connectivity index (χ4n) is 1.41. The van der Waals surface area contributed by atoms with Crippen LogP contribution in [0.5, 0.6) is 0 Å². The monoisotopic (exact) mass is 249 g/mol. The van der Waals surface area contributed by atoms with Crippen molar-refractivity contribution in [1.29, 1.82) is 0 Å². The summed E-state index contributed by atoms with van der Waals surface area (Å²) in [5.41, 5.74) is 1.54. The SMILES string of the molecule is CN(C)C(C)(C)CNc1ccc(C(C)(C)C)cn1. The predicted octanol–water partition coefficient (Wildman–Crippen LogP) is 3.13. The minimum absolute atomic E-state index is 0.115. The van der Waals surface area contributed by atoms with Gasteiger partial charge in [0.25, 0.3) is 0 Å². The lowest BCUT2D eigenvalue weighted by atomic mass is 9.88. The molecule has 0 aliphatic carbocycles. The summed E-state index contributed by atoms with van der Waals surface area (Å²) in [5.74, 6) is 0.943. The second-order valence-corrected chi connectivity index (χ2v) is 6.74. The molecule has 0 saturated carbocycles. The molecule has 1 aromatic heterocycles. The van der Waals surface area contributed by atoms with Gasteiger partial charge in [0.05, 0.1) is 0 Å². The molecule has 0 amide bonds. The van der Waals surface area contributed by atoms with E-state index in [0.717, 1.165) is 12.4 Å². The van der Waals surface area contributed by atoms with E-state index < -0.39 is 0 Å². The highest BCUT2D eigenvalue weighted by atomic mass is 15.2. The summed E-state index contributed by atoms with van der Waals surface area (Å²) >= 11 is 0. The maximum absolute atomic E-state index is 4.48. The molecule has 1 heterocycles. The Morgan fingerprint density at radius 2 is 1.72 bits per heavy atom. The van der Waals surface area contributed by atoms with Crippen LogP contribution in [-0.4, -0.2) is 36.1 Å². The van der Waals surface area contributed by atoms with Crippen LogP contribution in [0.2, 0.25) is 0 Å². The summed E-state index contributed by atoms with van der Waals surface area (Å²) < 4.78 is 0. The van der Waals surface area contributed by atoms with Crippen molar-refractivity contribution < 1.29 is 0 Å². The van der Waals surface area contributed by atoms with Gasteiger partial charge in [0.1, 0.15) is 5.82 Å². The summed E-state index contributed by atoms with van der Waals surface area (Å²) in [4.78, 5) is 6.69. The van der Waals surface area contributed by atoms with Gasteiger partial charge in [-0.3, -0.25) is 0 Å². The summed E-state index contributed by atoms with van der Waals surface area (Å²) in [6.45, 7) is 11.9. The number of aromatic nitrogens is 1. The normalized spacial score (nSPS) is 12.9. The van der Waals surface area contributed by atoms with Crippen LogP contribution in [0.15, 0.2) is 18.3 Å². The molecule has 0 fully saturated rings. The van der Waals surface area contributed by atoms with Crippen molar-refractivity contribution in [2.75, 3.05) is 26.0 Å². The van der Waals surface area contributed by atoms with Crippen LogP contribution in [0.1, 0.15) is 40.2 Å². The molecule has 0 aromatic carbocycles. The molecule has 102 valence electrons. The maximum atomic E-state index is 4.48. The predicted molar refractivity (Wildman–Crippen MR) is 79.2 cm³/mol. The van der Waals surface area contributed by atoms with E-state index in [2.05, 4.69) is 76.0 Å². The van der Waals surface area contributed by atoms with Crippen molar-refractivity contribution in [1.82, 2.24) is 9.88 Å². The highest BCUT2D eigenvalue weighted by molar-refractivity contribution is 5.37. The van der Waals surface area contributed by atoms with Gasteiger partial charge in [0, 0.05) is 18.3 Å². The smallest absolute Gasteiger partial charge is 0.125 e. The molecule has 3 nitrogen and oxygen atoms in total. The summed E-state index contributed by atoms with van der Waals surface area (Å²) in [7, 11) is 4.19. The van der Waals surface area contributed by atoms with Crippen molar-refractivity contribution in [2.45, 2.75) is 45.6 Å². The average Bonchev–Trinajstić information content (AvgIpc) is 2.25. The average molecular weight is 249 g/mol. The Morgan fingerprint density at radius 1 is 1.11 bits per heavy atom. The lowest BCUT2D eigenvalue weighted by Crippen LogP contribution is -2.44. The van der Waals surface area contributed by atoms with Gasteiger partial charge in [0.15, 0.2) is 0 Å². The first-order chi connectivity index (χ1) is 8.13. The number of hydrogen-bond acceptors (Lipinski definition) is 3. The molecule has 1 aromatic rings. The minimum atomic E-state index is 0.115. The maximum Gasteiger partial charge on any atom is 0.125 e. The molecule has 0 saturated heterocycles. The van der Waals surface area contributed by atoms with E-state index >= 15 is 0 Å². The molecule has 0 aliphatic heterocycles. The molecule has 18 heavy (non-hydrogen) atoms. The molecule has 3 heteroatoms. The van der Waals surface area contributed by atoms with Crippen molar-refractivity contribution in [3.05, 3.63) is 23.9 Å². The number of anilines is 1. The van der Waals surface area contributed by atoms with Gasteiger partial charge in [0.2, 0.25) is 0 Å². The second kappa shape index (κ2) is 5.27. The van der Waals surface area contributed by atoms with Gasteiger partial charge in [-0.1, -0.05) is 26.8 Å². The number of nitrogens with zero attached hydrogens (tertiary/aromatic N) is 2. The topological polar surface area (TPSA) is 28.2 Å². The molecule has 0 atom stereocenters. The first-order valence-corrected chi connectivity index (χ1v) is 6.51. The zero-order valence-corrected chi connectivity index (χ0v) is 12.8. The van der Waals surface area contributed by atoms with E-state index in [4.69, 9.17) is 0 Å². The Labute approximate surface area is 112 Å². The molecular formula is C15H27N3. The van der Waals surface area contributed by atoms with Gasteiger partial charge < -0.3 is 10.2 Å². The number of nitrogens with one attached hydrogen (secondary N) is 1. The zero-order chi connectivity index (χ0) is 14.0. The second-order valence-electron chi connectivity index (χ2n) is 6.74. The van der Waals surface area contributed by atoms with Crippen LogP contribution in [-0.2, 0) is 5.41 Å². The first kappa shape index (κ1) is 15.0. The summed E-state index contributed by atoms with van der Waals surface area (Å²) in [6.07, 6.45) is 1.96. The van der Waals surface area contributed by atoms with Gasteiger partial charge in [-0.25, -0.2) is 4.98 Å². The Balaban J connectivity index is 2.65. The number of likely N-dealkylation sites (N-methyl/N-ethyl adjacent to an activating group) is 1. The van der Waals surface area contributed by atoms with Gasteiger partial charge >= 0.3 is 0 Å². The zero-order valence-electron chi connectivity index (χ0n) is 12.8. The van der Waals surface area contributed by atoms with E-state index in [9.17, 15) is 0 Å². The van der Waals surface area contributed by atoms with Gasteiger partial charge in [-0.05, 0) is 45.0 Å². The van der Waals surface area contributed by atoms with Crippen LogP contribution in [0.25, 0.3) is 0 Å². The highest BCUT2D eigenvalue weighted by Gasteiger charge is 2.20. The Kier molecular flexibility index (Phi) is 4.38. The molecule has 1 N–H and O–H groups in total. The molecular weight excluding hydrogens is 222 g/mol. The molecule has 0 unspecified atom stereocenters. The fraction of sp³-hybridized carbons (Fsp3) is 0.667. The van der Waals surface area contributed by atoms with Gasteiger partial charge in [-0.2, -0.15) is 0 Å².